The Hall–Kier alpha value is -2.65. The fourth-order valence-electron chi connectivity index (χ4n) is 5.48. The molecule has 2 aromatic carbocycles. The number of hydrogen-bond donors (Lipinski definition) is 2. The second kappa shape index (κ2) is 11.2. The number of rotatable bonds is 8. The second-order valence-corrected chi connectivity index (χ2v) is 15.8. The van der Waals surface area contributed by atoms with E-state index in [4.69, 9.17) is 36.6 Å². The average Bonchev–Trinajstić information content (AvgIpc) is 3.35. The zero-order valence-electron chi connectivity index (χ0n) is 22.5. The summed E-state index contributed by atoms with van der Waals surface area (Å²) in [6.07, 6.45) is -0.460. The summed E-state index contributed by atoms with van der Waals surface area (Å²) in [7, 11) is -2.79. The number of hydrazone groups is 1. The standard InChI is InChI=1S/C28H36N4O4SSi/c1-27(2,3)38(20-12-8-6-9-13-20,21-14-10-7-11-15-21)33-18-22-24-25(36-28(4,5)35-24)23(34-22)19(16-29)17-31-32-26(30)37/h6-15,17,19,22-25H,18H2,1-5H3,(H3,30,32,37)/t19?,22-,23?,24-,25+/m1/s1. The Morgan fingerprint density at radius 2 is 1.68 bits per heavy atom. The Morgan fingerprint density at radius 3 is 2.18 bits per heavy atom. The van der Waals surface area contributed by atoms with Crippen LogP contribution in [0.25, 0.3) is 0 Å². The molecule has 202 valence electrons. The van der Waals surface area contributed by atoms with Gasteiger partial charge in [0.2, 0.25) is 0 Å². The van der Waals surface area contributed by atoms with E-state index in [-0.39, 0.29) is 16.8 Å². The molecule has 8 nitrogen and oxygen atoms in total. The minimum absolute atomic E-state index is 0.0151. The molecule has 3 N–H and O–H groups in total. The predicted octanol–water partition coefficient (Wildman–Crippen LogP) is 2.81. The third-order valence-corrected chi connectivity index (χ3v) is 12.1. The first kappa shape index (κ1) is 28.4. The summed E-state index contributed by atoms with van der Waals surface area (Å²) >= 11 is 4.80. The van der Waals surface area contributed by atoms with Gasteiger partial charge >= 0.3 is 0 Å². The number of nitrogens with zero attached hydrogens (tertiary/aromatic N) is 2. The molecular weight excluding hydrogens is 516 g/mol. The van der Waals surface area contributed by atoms with E-state index in [1.165, 1.54) is 16.6 Å². The van der Waals surface area contributed by atoms with E-state index in [1.807, 2.05) is 26.0 Å². The number of ether oxygens (including phenoxy) is 3. The number of fused-ring (bicyclic) bond motifs is 1. The third kappa shape index (κ3) is 5.68. The van der Waals surface area contributed by atoms with E-state index < -0.39 is 44.4 Å². The normalized spacial score (nSPS) is 25.6. The molecule has 0 saturated carbocycles. The molecule has 2 aromatic rings. The largest absolute Gasteiger partial charge is 0.405 e. The molecule has 2 heterocycles. The summed E-state index contributed by atoms with van der Waals surface area (Å²) < 4.78 is 26.1. The fraction of sp³-hybridized carbons (Fsp3) is 0.464. The molecule has 4 rings (SSSR count). The van der Waals surface area contributed by atoms with Crippen LogP contribution in [0.1, 0.15) is 34.6 Å². The molecule has 2 fully saturated rings. The lowest BCUT2D eigenvalue weighted by Gasteiger charge is -2.43. The number of hydrogen-bond acceptors (Lipinski definition) is 7. The Balaban J connectivity index is 1.67. The minimum atomic E-state index is -2.79. The van der Waals surface area contributed by atoms with Gasteiger partial charge in [-0.2, -0.15) is 10.4 Å². The highest BCUT2D eigenvalue weighted by Gasteiger charge is 2.58. The van der Waals surface area contributed by atoms with Crippen LogP contribution < -0.4 is 21.5 Å². The van der Waals surface area contributed by atoms with Gasteiger partial charge in [0.05, 0.1) is 12.7 Å². The van der Waals surface area contributed by atoms with Crippen LogP contribution in [0.4, 0.5) is 0 Å². The first-order chi connectivity index (χ1) is 18.0. The molecule has 2 aliphatic rings. The highest BCUT2D eigenvalue weighted by Crippen LogP contribution is 2.42. The van der Waals surface area contributed by atoms with E-state index in [0.717, 1.165) is 0 Å². The van der Waals surface area contributed by atoms with Crippen molar-refractivity contribution in [3.8, 4) is 6.07 Å². The summed E-state index contributed by atoms with van der Waals surface area (Å²) in [5.41, 5.74) is 7.96. The van der Waals surface area contributed by atoms with E-state index in [2.05, 4.69) is 85.9 Å². The maximum absolute atomic E-state index is 9.92. The van der Waals surface area contributed by atoms with Crippen molar-refractivity contribution >= 4 is 42.2 Å². The lowest BCUT2D eigenvalue weighted by Crippen LogP contribution is -2.67. The first-order valence-electron chi connectivity index (χ1n) is 12.7. The molecule has 38 heavy (non-hydrogen) atoms. The van der Waals surface area contributed by atoms with Crippen molar-refractivity contribution < 1.29 is 18.6 Å². The summed E-state index contributed by atoms with van der Waals surface area (Å²) in [6, 6.07) is 23.1. The lowest BCUT2D eigenvalue weighted by molar-refractivity contribution is -0.190. The molecule has 0 radical (unpaired) electrons. The monoisotopic (exact) mass is 552 g/mol. The summed E-state index contributed by atoms with van der Waals surface area (Å²) in [4.78, 5) is 0. The van der Waals surface area contributed by atoms with Crippen molar-refractivity contribution in [1.29, 1.82) is 5.26 Å². The van der Waals surface area contributed by atoms with Gasteiger partial charge in [0.25, 0.3) is 8.32 Å². The molecule has 0 aliphatic carbocycles. The van der Waals surface area contributed by atoms with Gasteiger partial charge < -0.3 is 24.4 Å². The molecule has 0 spiro atoms. The highest BCUT2D eigenvalue weighted by atomic mass is 32.1. The van der Waals surface area contributed by atoms with Crippen LogP contribution in [0, 0.1) is 17.2 Å². The molecule has 2 unspecified atom stereocenters. The SMILES string of the molecule is CC1(C)O[C@@H]2[C@@H](CO[Si](c3ccccc3)(c3ccccc3)C(C)(C)C)OC(C(C#N)C=NNC(N)=S)[C@@H]2O1. The van der Waals surface area contributed by atoms with Crippen molar-refractivity contribution in [2.75, 3.05) is 6.61 Å². The van der Waals surface area contributed by atoms with Crippen molar-refractivity contribution in [2.24, 2.45) is 16.8 Å². The number of nitriles is 1. The Bertz CT molecular complexity index is 1140. The average molecular weight is 553 g/mol. The zero-order chi connectivity index (χ0) is 27.6. The van der Waals surface area contributed by atoms with E-state index >= 15 is 0 Å². The zero-order valence-corrected chi connectivity index (χ0v) is 24.3. The second-order valence-electron chi connectivity index (χ2n) is 11.1. The number of thiocarbonyl (C=S) groups is 1. The van der Waals surface area contributed by atoms with Crippen molar-refractivity contribution in [2.45, 2.75) is 69.9 Å². The smallest absolute Gasteiger partial charge is 0.261 e. The van der Waals surface area contributed by atoms with Gasteiger partial charge in [-0.25, -0.2) is 0 Å². The topological polar surface area (TPSA) is 111 Å². The van der Waals surface area contributed by atoms with Crippen LogP contribution in [-0.2, 0) is 18.6 Å². The number of nitrogens with one attached hydrogen (secondary N) is 1. The van der Waals surface area contributed by atoms with Crippen LogP contribution in [0.3, 0.4) is 0 Å². The van der Waals surface area contributed by atoms with Crippen molar-refractivity contribution in [1.82, 2.24) is 5.43 Å². The van der Waals surface area contributed by atoms with Gasteiger partial charge in [0.15, 0.2) is 10.9 Å². The van der Waals surface area contributed by atoms with Gasteiger partial charge in [-0.1, -0.05) is 81.4 Å². The number of nitrogens with two attached hydrogens (primary N) is 1. The molecule has 2 aliphatic heterocycles. The van der Waals surface area contributed by atoms with Gasteiger partial charge in [0.1, 0.15) is 30.3 Å². The van der Waals surface area contributed by atoms with Gasteiger partial charge in [-0.3, -0.25) is 5.43 Å². The fourth-order valence-corrected chi connectivity index (χ4v) is 10.1. The van der Waals surface area contributed by atoms with Gasteiger partial charge in [-0.05, 0) is 41.5 Å². The van der Waals surface area contributed by atoms with Crippen molar-refractivity contribution in [3.05, 3.63) is 60.7 Å². The Labute approximate surface area is 231 Å². The van der Waals surface area contributed by atoms with Crippen LogP contribution in [0.5, 0.6) is 0 Å². The molecule has 0 amide bonds. The minimum Gasteiger partial charge on any atom is -0.405 e. The molecule has 5 atom stereocenters. The quantitative estimate of drug-likeness (QED) is 0.223. The maximum Gasteiger partial charge on any atom is 0.261 e. The third-order valence-electron chi connectivity index (χ3n) is 6.98. The van der Waals surface area contributed by atoms with Crippen LogP contribution >= 0.6 is 12.2 Å². The number of benzene rings is 2. The Morgan fingerprint density at radius 1 is 1.13 bits per heavy atom. The van der Waals surface area contributed by atoms with E-state index in [9.17, 15) is 5.26 Å². The van der Waals surface area contributed by atoms with Crippen LogP contribution in [0.15, 0.2) is 65.8 Å². The molecule has 10 heteroatoms. The molecule has 0 aromatic heterocycles. The molecule has 0 bridgehead atoms. The summed E-state index contributed by atoms with van der Waals surface area (Å²) in [5, 5.41) is 16.1. The van der Waals surface area contributed by atoms with Gasteiger partial charge in [0, 0.05) is 6.21 Å². The molecule has 2 saturated heterocycles. The first-order valence-corrected chi connectivity index (χ1v) is 15.0. The predicted molar refractivity (Wildman–Crippen MR) is 154 cm³/mol. The lowest BCUT2D eigenvalue weighted by atomic mass is 9.98. The summed E-state index contributed by atoms with van der Waals surface area (Å²) in [6.45, 7) is 10.7. The van der Waals surface area contributed by atoms with E-state index in [0.29, 0.717) is 0 Å². The van der Waals surface area contributed by atoms with Gasteiger partial charge in [-0.15, -0.1) is 0 Å². The van der Waals surface area contributed by atoms with Crippen LogP contribution in [-0.4, -0.2) is 56.5 Å². The Kier molecular flexibility index (Phi) is 8.37. The summed E-state index contributed by atoms with van der Waals surface area (Å²) in [5.74, 6) is -1.53. The molecular formula is C28H36N4O4SSi. The van der Waals surface area contributed by atoms with Crippen LogP contribution in [0.2, 0.25) is 5.04 Å². The highest BCUT2D eigenvalue weighted by molar-refractivity contribution is 7.80. The maximum atomic E-state index is 9.92. The van der Waals surface area contributed by atoms with Crippen molar-refractivity contribution in [3.63, 3.8) is 0 Å². The van der Waals surface area contributed by atoms with E-state index in [1.54, 1.807) is 0 Å².